The number of hydrogen-bond acceptors (Lipinski definition) is 3. The van der Waals surface area contributed by atoms with E-state index in [-0.39, 0.29) is 33.1 Å². The Morgan fingerprint density at radius 2 is 1.86 bits per heavy atom. The zero-order valence-corrected chi connectivity index (χ0v) is 14.5. The van der Waals surface area contributed by atoms with Crippen LogP contribution in [0, 0.1) is 0 Å². The normalized spacial score (nSPS) is 23.6. The van der Waals surface area contributed by atoms with Gasteiger partial charge in [-0.3, -0.25) is 0 Å². The molecule has 0 bridgehead atoms. The van der Waals surface area contributed by atoms with Gasteiger partial charge < -0.3 is 15.4 Å². The predicted molar refractivity (Wildman–Crippen MR) is 86.9 cm³/mol. The van der Waals surface area contributed by atoms with E-state index >= 15 is 0 Å². The van der Waals surface area contributed by atoms with E-state index in [0.717, 1.165) is 0 Å². The second-order valence-corrected chi connectivity index (χ2v) is 7.58. The molecule has 1 aromatic carbocycles. The predicted octanol–water partition coefficient (Wildman–Crippen LogP) is 2.11. The molecule has 2 N–H and O–H groups in total. The Kier molecular flexibility index (Phi) is 5.21. The van der Waals surface area contributed by atoms with E-state index in [2.05, 4.69) is 4.40 Å². The SMILES string of the molecule is C[C@@H]1CN(C(N)=NS(=O)(=O)c2ccc(Cl)c(Cl)c2)C[C@H](C)O1. The number of halogens is 2. The second kappa shape index (κ2) is 6.62. The van der Waals surface area contributed by atoms with Gasteiger partial charge in [-0.15, -0.1) is 4.40 Å². The monoisotopic (exact) mass is 365 g/mol. The Hall–Kier alpha value is -1.02. The van der Waals surface area contributed by atoms with Crippen molar-refractivity contribution in [2.75, 3.05) is 13.1 Å². The Balaban J connectivity index is 2.27. The molecule has 0 saturated carbocycles. The van der Waals surface area contributed by atoms with E-state index in [9.17, 15) is 8.42 Å². The average Bonchev–Trinajstić information content (AvgIpc) is 2.40. The second-order valence-electron chi connectivity index (χ2n) is 5.16. The molecular weight excluding hydrogens is 349 g/mol. The summed E-state index contributed by atoms with van der Waals surface area (Å²) in [6.07, 6.45) is -0.102. The largest absolute Gasteiger partial charge is 0.372 e. The van der Waals surface area contributed by atoms with Gasteiger partial charge >= 0.3 is 0 Å². The molecule has 1 heterocycles. The van der Waals surface area contributed by atoms with Gasteiger partial charge in [0.05, 0.1) is 27.1 Å². The molecule has 0 aliphatic carbocycles. The van der Waals surface area contributed by atoms with E-state index < -0.39 is 10.0 Å². The highest BCUT2D eigenvalue weighted by Gasteiger charge is 2.25. The highest BCUT2D eigenvalue weighted by Crippen LogP contribution is 2.25. The molecule has 122 valence electrons. The Morgan fingerprint density at radius 3 is 2.41 bits per heavy atom. The first kappa shape index (κ1) is 17.3. The number of rotatable bonds is 2. The van der Waals surface area contributed by atoms with Gasteiger partial charge in [0.2, 0.25) is 5.96 Å². The van der Waals surface area contributed by atoms with Gasteiger partial charge in [0, 0.05) is 13.1 Å². The van der Waals surface area contributed by atoms with E-state index in [0.29, 0.717) is 13.1 Å². The van der Waals surface area contributed by atoms with Crippen LogP contribution in [0.25, 0.3) is 0 Å². The quantitative estimate of drug-likeness (QED) is 0.640. The first-order valence-corrected chi connectivity index (χ1v) is 8.84. The Labute approximate surface area is 139 Å². The molecule has 9 heteroatoms. The van der Waals surface area contributed by atoms with Crippen molar-refractivity contribution in [2.24, 2.45) is 10.1 Å². The van der Waals surface area contributed by atoms with E-state index in [4.69, 9.17) is 33.7 Å². The summed E-state index contributed by atoms with van der Waals surface area (Å²) < 4.78 is 33.8. The average molecular weight is 366 g/mol. The van der Waals surface area contributed by atoms with Gasteiger partial charge in [-0.25, -0.2) is 0 Å². The lowest BCUT2D eigenvalue weighted by Crippen LogP contribution is -2.51. The molecule has 1 fully saturated rings. The van der Waals surface area contributed by atoms with Crippen molar-refractivity contribution in [3.63, 3.8) is 0 Å². The van der Waals surface area contributed by atoms with Crippen molar-refractivity contribution in [3.05, 3.63) is 28.2 Å². The first-order valence-electron chi connectivity index (χ1n) is 6.65. The molecule has 0 radical (unpaired) electrons. The first-order chi connectivity index (χ1) is 10.2. The number of nitrogens with two attached hydrogens (primary N) is 1. The number of benzene rings is 1. The molecule has 1 aromatic rings. The molecule has 0 unspecified atom stereocenters. The van der Waals surface area contributed by atoms with Crippen molar-refractivity contribution in [3.8, 4) is 0 Å². The zero-order valence-electron chi connectivity index (χ0n) is 12.2. The van der Waals surface area contributed by atoms with Crippen molar-refractivity contribution < 1.29 is 13.2 Å². The fourth-order valence-electron chi connectivity index (χ4n) is 2.24. The number of sulfonamides is 1. The fraction of sp³-hybridized carbons (Fsp3) is 0.462. The summed E-state index contributed by atoms with van der Waals surface area (Å²) >= 11 is 11.6. The number of nitrogens with zero attached hydrogens (tertiary/aromatic N) is 2. The lowest BCUT2D eigenvalue weighted by atomic mass is 10.2. The summed E-state index contributed by atoms with van der Waals surface area (Å²) in [5, 5.41) is 0.415. The molecule has 1 aliphatic rings. The van der Waals surface area contributed by atoms with Crippen LogP contribution in [0.2, 0.25) is 10.0 Å². The van der Waals surface area contributed by atoms with Gasteiger partial charge in [0.25, 0.3) is 10.0 Å². The summed E-state index contributed by atoms with van der Waals surface area (Å²) in [5.41, 5.74) is 5.85. The highest BCUT2D eigenvalue weighted by atomic mass is 35.5. The maximum absolute atomic E-state index is 12.3. The molecular formula is C13H17Cl2N3O3S. The Morgan fingerprint density at radius 1 is 1.27 bits per heavy atom. The maximum Gasteiger partial charge on any atom is 0.285 e. The van der Waals surface area contributed by atoms with Gasteiger partial charge in [0.15, 0.2) is 0 Å². The highest BCUT2D eigenvalue weighted by molar-refractivity contribution is 7.90. The molecule has 0 spiro atoms. The van der Waals surface area contributed by atoms with Gasteiger partial charge in [0.1, 0.15) is 0 Å². The van der Waals surface area contributed by atoms with E-state index in [1.54, 1.807) is 4.90 Å². The van der Waals surface area contributed by atoms with Crippen LogP contribution in [0.1, 0.15) is 13.8 Å². The molecule has 6 nitrogen and oxygen atoms in total. The van der Waals surface area contributed by atoms with Gasteiger partial charge in [-0.1, -0.05) is 23.2 Å². The van der Waals surface area contributed by atoms with E-state index in [1.165, 1.54) is 18.2 Å². The van der Waals surface area contributed by atoms with Crippen LogP contribution in [0.3, 0.4) is 0 Å². The smallest absolute Gasteiger partial charge is 0.285 e. The van der Waals surface area contributed by atoms with Crippen molar-refractivity contribution >= 4 is 39.2 Å². The molecule has 1 saturated heterocycles. The van der Waals surface area contributed by atoms with Crippen molar-refractivity contribution in [1.82, 2.24) is 4.90 Å². The third-order valence-electron chi connectivity index (χ3n) is 3.15. The molecule has 0 amide bonds. The number of hydrogen-bond donors (Lipinski definition) is 1. The third kappa shape index (κ3) is 4.04. The van der Waals surface area contributed by atoms with Crippen molar-refractivity contribution in [1.29, 1.82) is 0 Å². The summed E-state index contributed by atoms with van der Waals surface area (Å²) in [6.45, 7) is 4.75. The standard InChI is InChI=1S/C13H17Cl2N3O3S/c1-8-6-18(7-9(2)21-8)13(16)17-22(19,20)10-3-4-11(14)12(15)5-10/h3-5,8-9H,6-7H2,1-2H3,(H2,16,17)/t8-,9+. The Bertz CT molecular complexity index is 684. The van der Waals surface area contributed by atoms with Crippen LogP contribution >= 0.6 is 23.2 Å². The minimum atomic E-state index is -3.95. The van der Waals surface area contributed by atoms with Crippen molar-refractivity contribution in [2.45, 2.75) is 31.0 Å². The molecule has 1 aliphatic heterocycles. The van der Waals surface area contributed by atoms with Crippen LogP contribution in [0.4, 0.5) is 0 Å². The minimum Gasteiger partial charge on any atom is -0.372 e. The van der Waals surface area contributed by atoms with Gasteiger partial charge in [-0.05, 0) is 32.0 Å². The molecule has 2 rings (SSSR count). The maximum atomic E-state index is 12.3. The summed E-state index contributed by atoms with van der Waals surface area (Å²) in [5.74, 6) is -0.0620. The topological polar surface area (TPSA) is 85.0 Å². The van der Waals surface area contributed by atoms with Crippen LogP contribution in [0.5, 0.6) is 0 Å². The van der Waals surface area contributed by atoms with Crippen LogP contribution in [-0.4, -0.2) is 44.6 Å². The number of ether oxygens (including phenoxy) is 1. The molecule has 0 aromatic heterocycles. The van der Waals surface area contributed by atoms with Gasteiger partial charge in [-0.2, -0.15) is 8.42 Å². The lowest BCUT2D eigenvalue weighted by molar-refractivity contribution is -0.0483. The lowest BCUT2D eigenvalue weighted by Gasteiger charge is -2.35. The molecule has 2 atom stereocenters. The summed E-state index contributed by atoms with van der Waals surface area (Å²) in [6, 6.07) is 3.99. The van der Waals surface area contributed by atoms with Crippen LogP contribution in [0.15, 0.2) is 27.5 Å². The zero-order chi connectivity index (χ0) is 16.5. The van der Waals surface area contributed by atoms with Crippen LogP contribution in [-0.2, 0) is 14.8 Å². The van der Waals surface area contributed by atoms with Crippen LogP contribution < -0.4 is 5.73 Å². The third-order valence-corrected chi connectivity index (χ3v) is 5.16. The summed E-state index contributed by atoms with van der Waals surface area (Å²) in [7, 11) is -3.95. The number of guanidine groups is 1. The fourth-order valence-corrected chi connectivity index (χ4v) is 3.57. The molecule has 22 heavy (non-hydrogen) atoms. The van der Waals surface area contributed by atoms with E-state index in [1.807, 2.05) is 13.8 Å². The number of morpholine rings is 1. The minimum absolute atomic E-state index is 0.0508. The summed E-state index contributed by atoms with van der Waals surface area (Å²) in [4.78, 5) is 1.63.